The number of hydrogen-bond acceptors (Lipinski definition) is 2. The molecule has 0 N–H and O–H groups in total. The van der Waals surface area contributed by atoms with Crippen molar-refractivity contribution < 1.29 is 4.57 Å². The highest BCUT2D eigenvalue weighted by Crippen LogP contribution is 2.45. The Balaban J connectivity index is 1.33. The fourth-order valence-electron chi connectivity index (χ4n) is 7.00. The third-order valence-electron chi connectivity index (χ3n) is 9.05. The van der Waals surface area contributed by atoms with Crippen molar-refractivity contribution in [3.05, 3.63) is 164 Å². The summed E-state index contributed by atoms with van der Waals surface area (Å²) in [6, 6.07) is 56.0. The molecule has 7 aromatic carbocycles. The first kappa shape index (κ1) is 25.9. The number of benzene rings is 7. The van der Waals surface area contributed by atoms with Gasteiger partial charge < -0.3 is 4.57 Å². The predicted octanol–water partition coefficient (Wildman–Crippen LogP) is 9.25. The van der Waals surface area contributed by atoms with Crippen LogP contribution in [0.25, 0.3) is 60.3 Å². The van der Waals surface area contributed by atoms with Crippen molar-refractivity contribution in [2.45, 2.75) is 0 Å². The molecule has 0 saturated heterocycles. The van der Waals surface area contributed by atoms with Gasteiger partial charge in [-0.1, -0.05) is 146 Å². The number of hydrogen-bond donors (Lipinski definition) is 0. The molecule has 0 aliphatic heterocycles. The number of fused-ring (bicyclic) bond motifs is 9. The minimum Gasteiger partial charge on any atom is -0.309 e. The van der Waals surface area contributed by atoms with Gasteiger partial charge >= 0.3 is 0 Å². The monoisotopic (exact) mass is 594 g/mol. The van der Waals surface area contributed by atoms with Crippen molar-refractivity contribution >= 4 is 72.2 Å². The molecule has 0 unspecified atom stereocenters. The second-order valence-corrected chi connectivity index (χ2v) is 14.2. The molecule has 45 heavy (non-hydrogen) atoms. The molecule has 4 heteroatoms. The smallest absolute Gasteiger partial charge is 0.171 e. The highest BCUT2D eigenvalue weighted by atomic mass is 31.2. The number of rotatable bonds is 4. The standard InChI is InChI=1S/C41H27N2OP/c44-45(29-13-3-1-4-14-29,30-15-5-2-6-16-30)40-24-12-20-32-31(19-11-21-35(32)40)28-25-26-34-33-17-7-8-18-36(33)41-42-37-22-9-10-23-38(37)43(41)39(34)27-28/h1-27H. The maximum absolute atomic E-state index is 15.4. The summed E-state index contributed by atoms with van der Waals surface area (Å²) in [6.45, 7) is 0. The van der Waals surface area contributed by atoms with Gasteiger partial charge in [-0.3, -0.25) is 4.40 Å². The molecule has 2 heterocycles. The van der Waals surface area contributed by atoms with E-state index >= 15 is 4.57 Å². The first-order valence-corrected chi connectivity index (χ1v) is 16.9. The van der Waals surface area contributed by atoms with Gasteiger partial charge in [0.05, 0.1) is 16.6 Å². The van der Waals surface area contributed by atoms with Crippen LogP contribution in [0.1, 0.15) is 0 Å². The second-order valence-electron chi connectivity index (χ2n) is 11.5. The summed E-state index contributed by atoms with van der Waals surface area (Å²) in [6.07, 6.45) is 0. The molecule has 2 aromatic heterocycles. The number of para-hydroxylation sites is 2. The fourth-order valence-corrected chi connectivity index (χ4v) is 9.87. The Kier molecular flexibility index (Phi) is 5.78. The Morgan fingerprint density at radius 1 is 0.467 bits per heavy atom. The van der Waals surface area contributed by atoms with Gasteiger partial charge in [-0.25, -0.2) is 4.98 Å². The number of aromatic nitrogens is 2. The molecule has 0 bridgehead atoms. The summed E-state index contributed by atoms with van der Waals surface area (Å²) in [7, 11) is -3.16. The summed E-state index contributed by atoms with van der Waals surface area (Å²) < 4.78 is 17.7. The Hall–Kier alpha value is -5.50. The molecular weight excluding hydrogens is 567 g/mol. The first-order valence-electron chi connectivity index (χ1n) is 15.2. The molecular formula is C41H27N2OP. The van der Waals surface area contributed by atoms with Crippen LogP contribution in [0.4, 0.5) is 0 Å². The lowest BCUT2D eigenvalue weighted by Gasteiger charge is -2.22. The minimum absolute atomic E-state index is 0.834. The molecule has 0 saturated carbocycles. The van der Waals surface area contributed by atoms with Gasteiger partial charge in [0.2, 0.25) is 0 Å². The van der Waals surface area contributed by atoms with Crippen molar-refractivity contribution in [3.63, 3.8) is 0 Å². The molecule has 212 valence electrons. The third-order valence-corrected chi connectivity index (χ3v) is 12.2. The topological polar surface area (TPSA) is 34.4 Å². The van der Waals surface area contributed by atoms with E-state index in [4.69, 9.17) is 4.98 Å². The zero-order chi connectivity index (χ0) is 30.0. The number of imidazole rings is 1. The zero-order valence-electron chi connectivity index (χ0n) is 24.3. The van der Waals surface area contributed by atoms with Crippen molar-refractivity contribution in [2.24, 2.45) is 0 Å². The van der Waals surface area contributed by atoms with Crippen LogP contribution in [0.5, 0.6) is 0 Å². The van der Waals surface area contributed by atoms with Gasteiger partial charge in [-0.2, -0.15) is 0 Å². The summed E-state index contributed by atoms with van der Waals surface area (Å²) in [5, 5.41) is 8.12. The fraction of sp³-hybridized carbons (Fsp3) is 0. The van der Waals surface area contributed by atoms with Crippen molar-refractivity contribution in [1.29, 1.82) is 0 Å². The average Bonchev–Trinajstić information content (AvgIpc) is 3.52. The van der Waals surface area contributed by atoms with E-state index in [1.165, 1.54) is 10.8 Å². The summed E-state index contributed by atoms with van der Waals surface area (Å²) >= 11 is 0. The van der Waals surface area contributed by atoms with Gasteiger partial charge in [0.1, 0.15) is 5.65 Å². The molecule has 3 nitrogen and oxygen atoms in total. The van der Waals surface area contributed by atoms with Crippen LogP contribution >= 0.6 is 7.14 Å². The lowest BCUT2D eigenvalue weighted by molar-refractivity contribution is 0.592. The normalized spacial score (nSPS) is 12.1. The van der Waals surface area contributed by atoms with E-state index in [2.05, 4.69) is 95.4 Å². The quantitative estimate of drug-likeness (QED) is 0.150. The van der Waals surface area contributed by atoms with E-state index in [-0.39, 0.29) is 0 Å². The lowest BCUT2D eigenvalue weighted by Crippen LogP contribution is -2.25. The van der Waals surface area contributed by atoms with E-state index in [1.54, 1.807) is 0 Å². The van der Waals surface area contributed by atoms with Crippen LogP contribution in [-0.4, -0.2) is 9.38 Å². The Labute approximate surface area is 260 Å². The zero-order valence-corrected chi connectivity index (χ0v) is 25.2. The Morgan fingerprint density at radius 2 is 1.09 bits per heavy atom. The molecule has 0 radical (unpaired) electrons. The Morgan fingerprint density at radius 3 is 1.87 bits per heavy atom. The predicted molar refractivity (Wildman–Crippen MR) is 190 cm³/mol. The van der Waals surface area contributed by atoms with E-state index in [9.17, 15) is 0 Å². The van der Waals surface area contributed by atoms with E-state index in [1.807, 2.05) is 72.8 Å². The van der Waals surface area contributed by atoms with Crippen LogP contribution in [0, 0.1) is 0 Å². The first-order chi connectivity index (χ1) is 22.2. The summed E-state index contributed by atoms with van der Waals surface area (Å²) in [5.74, 6) is 0. The lowest BCUT2D eigenvalue weighted by atomic mass is 9.96. The van der Waals surface area contributed by atoms with Crippen LogP contribution in [0.15, 0.2) is 164 Å². The molecule has 0 spiro atoms. The van der Waals surface area contributed by atoms with Crippen LogP contribution in [0.2, 0.25) is 0 Å². The van der Waals surface area contributed by atoms with Gasteiger partial charge in [0.25, 0.3) is 0 Å². The SMILES string of the molecule is O=P(c1ccccc1)(c1ccccc1)c1cccc2c(-c3ccc4c5ccccc5c5nc6ccccc6n5c4c3)cccc12. The van der Waals surface area contributed by atoms with Gasteiger partial charge in [-0.15, -0.1) is 0 Å². The minimum atomic E-state index is -3.16. The van der Waals surface area contributed by atoms with Crippen molar-refractivity contribution in [2.75, 3.05) is 0 Å². The van der Waals surface area contributed by atoms with Crippen LogP contribution in [-0.2, 0) is 4.57 Å². The van der Waals surface area contributed by atoms with Gasteiger partial charge in [0, 0.05) is 26.7 Å². The summed E-state index contributed by atoms with van der Waals surface area (Å²) in [5.41, 5.74) is 6.36. The molecule has 0 atom stereocenters. The Bertz CT molecular complexity index is 2580. The molecule has 9 rings (SSSR count). The highest BCUT2D eigenvalue weighted by molar-refractivity contribution is 7.85. The number of pyridine rings is 1. The molecule has 9 aromatic rings. The van der Waals surface area contributed by atoms with Gasteiger partial charge in [0.15, 0.2) is 7.14 Å². The van der Waals surface area contributed by atoms with Crippen LogP contribution in [0.3, 0.4) is 0 Å². The number of nitrogens with zero attached hydrogens (tertiary/aromatic N) is 2. The van der Waals surface area contributed by atoms with E-state index < -0.39 is 7.14 Å². The third kappa shape index (κ3) is 3.84. The second kappa shape index (κ2) is 10.0. The summed E-state index contributed by atoms with van der Waals surface area (Å²) in [4.78, 5) is 5.07. The maximum Gasteiger partial charge on any atom is 0.171 e. The maximum atomic E-state index is 15.4. The molecule has 0 aliphatic rings. The van der Waals surface area contributed by atoms with Crippen molar-refractivity contribution in [1.82, 2.24) is 9.38 Å². The van der Waals surface area contributed by atoms with Crippen molar-refractivity contribution in [3.8, 4) is 11.1 Å². The average molecular weight is 595 g/mol. The molecule has 0 aliphatic carbocycles. The van der Waals surface area contributed by atoms with Gasteiger partial charge in [-0.05, 0) is 45.5 Å². The largest absolute Gasteiger partial charge is 0.309 e. The van der Waals surface area contributed by atoms with E-state index in [0.717, 1.165) is 65.4 Å². The molecule has 0 fully saturated rings. The van der Waals surface area contributed by atoms with Crippen LogP contribution < -0.4 is 15.9 Å². The molecule has 0 amide bonds. The highest BCUT2D eigenvalue weighted by Gasteiger charge is 2.31. The van der Waals surface area contributed by atoms with E-state index in [0.29, 0.717) is 0 Å².